The molecular formula is C15H17N3O2. The lowest BCUT2D eigenvalue weighted by Crippen LogP contribution is -2.26. The molecule has 0 spiro atoms. The van der Waals surface area contributed by atoms with E-state index in [1.54, 1.807) is 6.07 Å². The standard InChI is InChI=1S/C15H17N3O2/c1-11-5-3-4-6-14(11)16-10-15(19)18-17-9-13-8-7-12(2)20-13/h3-9,16H,10H2,1-2H3,(H,18,19). The first-order valence-electron chi connectivity index (χ1n) is 6.33. The van der Waals surface area contributed by atoms with Crippen molar-refractivity contribution in [1.29, 1.82) is 0 Å². The molecule has 1 heterocycles. The van der Waals surface area contributed by atoms with E-state index in [4.69, 9.17) is 4.42 Å². The van der Waals surface area contributed by atoms with Gasteiger partial charge in [-0.05, 0) is 37.6 Å². The van der Waals surface area contributed by atoms with Crippen LogP contribution in [0.3, 0.4) is 0 Å². The molecule has 5 nitrogen and oxygen atoms in total. The molecule has 0 aliphatic carbocycles. The molecule has 20 heavy (non-hydrogen) atoms. The summed E-state index contributed by atoms with van der Waals surface area (Å²) in [5.74, 6) is 1.20. The molecule has 104 valence electrons. The molecule has 0 fully saturated rings. The highest BCUT2D eigenvalue weighted by Gasteiger charge is 2.01. The summed E-state index contributed by atoms with van der Waals surface area (Å²) in [6, 6.07) is 11.4. The average Bonchev–Trinajstić information content (AvgIpc) is 2.83. The van der Waals surface area contributed by atoms with Gasteiger partial charge in [0.25, 0.3) is 5.91 Å². The van der Waals surface area contributed by atoms with Crippen LogP contribution in [0.2, 0.25) is 0 Å². The van der Waals surface area contributed by atoms with Gasteiger partial charge in [0.2, 0.25) is 0 Å². The Morgan fingerprint density at radius 1 is 1.25 bits per heavy atom. The Kier molecular flexibility index (Phi) is 4.55. The van der Waals surface area contributed by atoms with Crippen LogP contribution >= 0.6 is 0 Å². The van der Waals surface area contributed by atoms with Crippen LogP contribution in [0, 0.1) is 13.8 Å². The number of furan rings is 1. The third-order valence-electron chi connectivity index (χ3n) is 2.73. The number of carbonyl (C=O) groups excluding carboxylic acids is 1. The Balaban J connectivity index is 1.78. The number of nitrogens with zero attached hydrogens (tertiary/aromatic N) is 1. The zero-order valence-electron chi connectivity index (χ0n) is 11.5. The van der Waals surface area contributed by atoms with Gasteiger partial charge in [-0.1, -0.05) is 18.2 Å². The molecular weight excluding hydrogens is 254 g/mol. The second-order valence-electron chi connectivity index (χ2n) is 4.41. The molecule has 1 aromatic carbocycles. The van der Waals surface area contributed by atoms with Crippen molar-refractivity contribution in [1.82, 2.24) is 5.43 Å². The molecule has 5 heteroatoms. The van der Waals surface area contributed by atoms with Crippen LogP contribution in [0.15, 0.2) is 45.9 Å². The normalized spacial score (nSPS) is 10.7. The van der Waals surface area contributed by atoms with E-state index in [2.05, 4.69) is 15.8 Å². The van der Waals surface area contributed by atoms with Crippen LogP contribution in [-0.4, -0.2) is 18.7 Å². The second kappa shape index (κ2) is 6.56. The van der Waals surface area contributed by atoms with Crippen LogP contribution in [0.5, 0.6) is 0 Å². The number of amides is 1. The zero-order chi connectivity index (χ0) is 14.4. The smallest absolute Gasteiger partial charge is 0.259 e. The van der Waals surface area contributed by atoms with Gasteiger partial charge in [-0.15, -0.1) is 0 Å². The van der Waals surface area contributed by atoms with E-state index < -0.39 is 0 Å². The van der Waals surface area contributed by atoms with Crippen molar-refractivity contribution in [2.75, 3.05) is 11.9 Å². The Bertz CT molecular complexity index is 617. The van der Waals surface area contributed by atoms with E-state index in [1.165, 1.54) is 6.21 Å². The monoisotopic (exact) mass is 271 g/mol. The van der Waals surface area contributed by atoms with Gasteiger partial charge in [0.1, 0.15) is 11.5 Å². The van der Waals surface area contributed by atoms with Gasteiger partial charge in [-0.25, -0.2) is 5.43 Å². The van der Waals surface area contributed by atoms with Gasteiger partial charge in [0.05, 0.1) is 12.8 Å². The lowest BCUT2D eigenvalue weighted by atomic mass is 10.2. The lowest BCUT2D eigenvalue weighted by Gasteiger charge is -2.07. The topological polar surface area (TPSA) is 66.6 Å². The van der Waals surface area contributed by atoms with Crippen molar-refractivity contribution in [3.05, 3.63) is 53.5 Å². The summed E-state index contributed by atoms with van der Waals surface area (Å²) in [6.45, 7) is 4.00. The molecule has 0 radical (unpaired) electrons. The van der Waals surface area contributed by atoms with Crippen LogP contribution in [0.1, 0.15) is 17.1 Å². The minimum Gasteiger partial charge on any atom is -0.460 e. The number of hydrogen-bond acceptors (Lipinski definition) is 4. The predicted octanol–water partition coefficient (Wildman–Crippen LogP) is 2.46. The van der Waals surface area contributed by atoms with Gasteiger partial charge < -0.3 is 9.73 Å². The summed E-state index contributed by atoms with van der Waals surface area (Å²) in [7, 11) is 0. The Morgan fingerprint density at radius 3 is 2.75 bits per heavy atom. The maximum atomic E-state index is 11.6. The van der Waals surface area contributed by atoms with Crippen LogP contribution in [0.4, 0.5) is 5.69 Å². The summed E-state index contributed by atoms with van der Waals surface area (Å²) in [5.41, 5.74) is 4.47. The molecule has 1 amide bonds. The molecule has 0 atom stereocenters. The van der Waals surface area contributed by atoms with Crippen LogP contribution < -0.4 is 10.7 Å². The summed E-state index contributed by atoms with van der Waals surface area (Å²) in [6.07, 6.45) is 1.47. The first kappa shape index (κ1) is 13.9. The van der Waals surface area contributed by atoms with E-state index in [0.717, 1.165) is 17.0 Å². The van der Waals surface area contributed by atoms with Gasteiger partial charge in [0, 0.05) is 5.69 Å². The summed E-state index contributed by atoms with van der Waals surface area (Å²) in [4.78, 5) is 11.6. The number of hydrazone groups is 1. The van der Waals surface area contributed by atoms with Crippen LogP contribution in [0.25, 0.3) is 0 Å². The average molecular weight is 271 g/mol. The highest BCUT2D eigenvalue weighted by Crippen LogP contribution is 2.12. The molecule has 0 saturated heterocycles. The van der Waals surface area contributed by atoms with Crippen molar-refractivity contribution in [2.24, 2.45) is 5.10 Å². The van der Waals surface area contributed by atoms with E-state index in [9.17, 15) is 4.79 Å². The van der Waals surface area contributed by atoms with E-state index in [-0.39, 0.29) is 12.5 Å². The number of hydrogen-bond donors (Lipinski definition) is 2. The molecule has 2 aromatic rings. The number of nitrogens with one attached hydrogen (secondary N) is 2. The minimum atomic E-state index is -0.215. The number of aryl methyl sites for hydroxylation is 2. The van der Waals surface area contributed by atoms with Crippen molar-refractivity contribution in [2.45, 2.75) is 13.8 Å². The maximum absolute atomic E-state index is 11.6. The highest BCUT2D eigenvalue weighted by molar-refractivity contribution is 5.83. The molecule has 0 unspecified atom stereocenters. The van der Waals surface area contributed by atoms with E-state index in [0.29, 0.717) is 5.76 Å². The van der Waals surface area contributed by atoms with Crippen LogP contribution in [-0.2, 0) is 4.79 Å². The fraction of sp³-hybridized carbons (Fsp3) is 0.200. The molecule has 0 saturated carbocycles. The Hall–Kier alpha value is -2.56. The molecule has 0 aliphatic rings. The highest BCUT2D eigenvalue weighted by atomic mass is 16.3. The van der Waals surface area contributed by atoms with Gasteiger partial charge in [-0.2, -0.15) is 5.10 Å². The third kappa shape index (κ3) is 3.98. The number of rotatable bonds is 5. The summed E-state index contributed by atoms with van der Waals surface area (Å²) >= 11 is 0. The molecule has 2 rings (SSSR count). The number of para-hydroxylation sites is 1. The minimum absolute atomic E-state index is 0.166. The number of carbonyl (C=O) groups is 1. The van der Waals surface area contributed by atoms with E-state index in [1.807, 2.05) is 44.2 Å². The van der Waals surface area contributed by atoms with Crippen molar-refractivity contribution >= 4 is 17.8 Å². The predicted molar refractivity (Wildman–Crippen MR) is 78.9 cm³/mol. The van der Waals surface area contributed by atoms with Gasteiger partial charge in [0.15, 0.2) is 0 Å². The quantitative estimate of drug-likeness (QED) is 0.648. The second-order valence-corrected chi connectivity index (χ2v) is 4.41. The molecule has 1 aromatic heterocycles. The SMILES string of the molecule is Cc1ccc(C=NNC(=O)CNc2ccccc2C)o1. The summed E-state index contributed by atoms with van der Waals surface area (Å²) in [5, 5.41) is 6.89. The maximum Gasteiger partial charge on any atom is 0.259 e. The van der Waals surface area contributed by atoms with Crippen molar-refractivity contribution in [3.8, 4) is 0 Å². The lowest BCUT2D eigenvalue weighted by molar-refractivity contribution is -0.119. The van der Waals surface area contributed by atoms with Crippen molar-refractivity contribution < 1.29 is 9.21 Å². The molecule has 0 aliphatic heterocycles. The fourth-order valence-electron chi connectivity index (χ4n) is 1.68. The number of benzene rings is 1. The summed E-state index contributed by atoms with van der Waals surface area (Å²) < 4.78 is 5.29. The van der Waals surface area contributed by atoms with Gasteiger partial charge in [-0.3, -0.25) is 4.79 Å². The van der Waals surface area contributed by atoms with E-state index >= 15 is 0 Å². The molecule has 0 bridgehead atoms. The zero-order valence-corrected chi connectivity index (χ0v) is 11.5. The first-order chi connectivity index (χ1) is 9.65. The molecule has 2 N–H and O–H groups in total. The number of anilines is 1. The van der Waals surface area contributed by atoms with Gasteiger partial charge >= 0.3 is 0 Å². The Labute approximate surface area is 117 Å². The van der Waals surface area contributed by atoms with Crippen molar-refractivity contribution in [3.63, 3.8) is 0 Å². The fourth-order valence-corrected chi connectivity index (χ4v) is 1.68. The largest absolute Gasteiger partial charge is 0.460 e. The third-order valence-corrected chi connectivity index (χ3v) is 2.73. The Morgan fingerprint density at radius 2 is 2.05 bits per heavy atom. The first-order valence-corrected chi connectivity index (χ1v) is 6.33.